The van der Waals surface area contributed by atoms with Gasteiger partial charge in [0.2, 0.25) is 21.8 Å². The highest BCUT2D eigenvalue weighted by Gasteiger charge is 2.32. The summed E-state index contributed by atoms with van der Waals surface area (Å²) < 4.78 is 40.2. The molecule has 0 aliphatic carbocycles. The Labute approximate surface area is 205 Å². The molecule has 0 heterocycles. The van der Waals surface area contributed by atoms with Crippen molar-refractivity contribution in [2.75, 3.05) is 23.7 Å². The molecule has 0 saturated carbocycles. The van der Waals surface area contributed by atoms with Crippen molar-refractivity contribution in [2.24, 2.45) is 0 Å². The quantitative estimate of drug-likeness (QED) is 0.461. The van der Waals surface area contributed by atoms with Crippen molar-refractivity contribution in [1.82, 2.24) is 10.2 Å². The first kappa shape index (κ1) is 26.2. The van der Waals surface area contributed by atoms with Crippen molar-refractivity contribution in [3.63, 3.8) is 0 Å². The van der Waals surface area contributed by atoms with Gasteiger partial charge in [-0.05, 0) is 42.5 Å². The van der Waals surface area contributed by atoms with Gasteiger partial charge in [-0.2, -0.15) is 0 Å². The van der Waals surface area contributed by atoms with Crippen molar-refractivity contribution in [3.05, 3.63) is 78.1 Å². The standard InChI is InChI=1S/C26H30FN3O4S/c1-4-23(26(32)28-5-2)29(17-19-13-15-21(27)16-14-19)25(31)18-30(35(3,33)34)24-12-8-10-20-9-6-7-11-22(20)24/h6-16,23H,4-5,17-18H2,1-3H3,(H,28,32)/t23-/m1/s1. The lowest BCUT2D eigenvalue weighted by Gasteiger charge is -2.33. The van der Waals surface area contributed by atoms with Crippen LogP contribution in [0.1, 0.15) is 25.8 Å². The molecule has 0 unspecified atom stereocenters. The number of nitrogens with one attached hydrogen (secondary N) is 1. The number of sulfonamides is 1. The van der Waals surface area contributed by atoms with Gasteiger partial charge in [0.25, 0.3) is 0 Å². The molecule has 0 bridgehead atoms. The van der Waals surface area contributed by atoms with E-state index in [-0.39, 0.29) is 12.5 Å². The molecule has 3 rings (SSSR count). The number of benzene rings is 3. The Balaban J connectivity index is 2.02. The highest BCUT2D eigenvalue weighted by Crippen LogP contribution is 2.28. The maximum absolute atomic E-state index is 13.7. The zero-order valence-corrected chi connectivity index (χ0v) is 20.9. The minimum Gasteiger partial charge on any atom is -0.355 e. The molecule has 1 N–H and O–H groups in total. The second-order valence-electron chi connectivity index (χ2n) is 8.23. The van der Waals surface area contributed by atoms with Crippen LogP contribution in [0.4, 0.5) is 10.1 Å². The van der Waals surface area contributed by atoms with Gasteiger partial charge >= 0.3 is 0 Å². The number of rotatable bonds is 10. The first-order valence-electron chi connectivity index (χ1n) is 11.4. The molecule has 7 nitrogen and oxygen atoms in total. The Morgan fingerprint density at radius 2 is 1.63 bits per heavy atom. The monoisotopic (exact) mass is 499 g/mol. The van der Waals surface area contributed by atoms with Gasteiger partial charge in [0, 0.05) is 18.5 Å². The zero-order chi connectivity index (χ0) is 25.6. The number of nitrogens with zero attached hydrogens (tertiary/aromatic N) is 2. The average molecular weight is 500 g/mol. The molecule has 2 amide bonds. The molecule has 186 valence electrons. The van der Waals surface area contributed by atoms with Gasteiger partial charge in [0.15, 0.2) is 0 Å². The fraction of sp³-hybridized carbons (Fsp3) is 0.308. The van der Waals surface area contributed by atoms with E-state index in [1.165, 1.54) is 17.0 Å². The van der Waals surface area contributed by atoms with Gasteiger partial charge in [0.1, 0.15) is 18.4 Å². The van der Waals surface area contributed by atoms with Gasteiger partial charge in [-0.3, -0.25) is 13.9 Å². The lowest BCUT2D eigenvalue weighted by atomic mass is 10.1. The van der Waals surface area contributed by atoms with Crippen LogP contribution in [0.5, 0.6) is 0 Å². The molecule has 3 aromatic rings. The van der Waals surface area contributed by atoms with Crippen molar-refractivity contribution in [1.29, 1.82) is 0 Å². The number of anilines is 1. The van der Waals surface area contributed by atoms with Crippen LogP contribution in [0.3, 0.4) is 0 Å². The first-order chi connectivity index (χ1) is 16.7. The van der Waals surface area contributed by atoms with Gasteiger partial charge in [-0.25, -0.2) is 12.8 Å². The van der Waals surface area contributed by atoms with E-state index in [2.05, 4.69) is 5.32 Å². The summed E-state index contributed by atoms with van der Waals surface area (Å²) in [6.07, 6.45) is 1.37. The molecule has 0 aromatic heterocycles. The molecule has 0 spiro atoms. The third-order valence-corrected chi connectivity index (χ3v) is 6.84. The molecule has 0 radical (unpaired) electrons. The molecule has 0 aliphatic heterocycles. The second kappa shape index (κ2) is 11.3. The second-order valence-corrected chi connectivity index (χ2v) is 10.1. The molecule has 0 fully saturated rings. The van der Waals surface area contributed by atoms with Crippen molar-refractivity contribution >= 4 is 38.3 Å². The van der Waals surface area contributed by atoms with Crippen LogP contribution < -0.4 is 9.62 Å². The summed E-state index contributed by atoms with van der Waals surface area (Å²) >= 11 is 0. The minimum atomic E-state index is -3.84. The van der Waals surface area contributed by atoms with E-state index in [0.717, 1.165) is 15.9 Å². The predicted molar refractivity (Wildman–Crippen MR) is 136 cm³/mol. The number of amides is 2. The van der Waals surface area contributed by atoms with E-state index < -0.39 is 34.3 Å². The summed E-state index contributed by atoms with van der Waals surface area (Å²) in [6, 6.07) is 17.4. The molecular formula is C26H30FN3O4S. The number of hydrogen-bond donors (Lipinski definition) is 1. The Kier molecular flexibility index (Phi) is 8.45. The van der Waals surface area contributed by atoms with Crippen LogP contribution in [0, 0.1) is 5.82 Å². The Hall–Kier alpha value is -3.46. The van der Waals surface area contributed by atoms with Crippen LogP contribution in [0.25, 0.3) is 10.8 Å². The van der Waals surface area contributed by atoms with Crippen molar-refractivity contribution < 1.29 is 22.4 Å². The Morgan fingerprint density at radius 3 is 2.26 bits per heavy atom. The molecule has 0 saturated heterocycles. The fourth-order valence-corrected chi connectivity index (χ4v) is 4.88. The fourth-order valence-electron chi connectivity index (χ4n) is 4.02. The van der Waals surface area contributed by atoms with E-state index in [1.807, 2.05) is 18.2 Å². The van der Waals surface area contributed by atoms with Crippen molar-refractivity contribution in [2.45, 2.75) is 32.9 Å². The van der Waals surface area contributed by atoms with Crippen molar-refractivity contribution in [3.8, 4) is 0 Å². The lowest BCUT2D eigenvalue weighted by molar-refractivity contribution is -0.140. The van der Waals surface area contributed by atoms with Crippen LogP contribution in [-0.4, -0.2) is 50.5 Å². The maximum atomic E-state index is 13.7. The molecule has 3 aromatic carbocycles. The van der Waals surface area contributed by atoms with E-state index >= 15 is 0 Å². The molecule has 0 aliphatic rings. The third-order valence-electron chi connectivity index (χ3n) is 5.72. The summed E-state index contributed by atoms with van der Waals surface area (Å²) in [6.45, 7) is 3.50. The van der Waals surface area contributed by atoms with Gasteiger partial charge in [-0.15, -0.1) is 0 Å². The number of fused-ring (bicyclic) bond motifs is 1. The normalized spacial score (nSPS) is 12.2. The Bertz CT molecular complexity index is 1290. The zero-order valence-electron chi connectivity index (χ0n) is 20.1. The molecule has 35 heavy (non-hydrogen) atoms. The highest BCUT2D eigenvalue weighted by molar-refractivity contribution is 7.92. The smallest absolute Gasteiger partial charge is 0.244 e. The number of carbonyl (C=O) groups is 2. The molecule has 1 atom stereocenters. The van der Waals surface area contributed by atoms with Crippen LogP contribution in [0.2, 0.25) is 0 Å². The number of halogens is 1. The van der Waals surface area contributed by atoms with E-state index in [9.17, 15) is 22.4 Å². The van der Waals surface area contributed by atoms with Crippen LogP contribution in [0.15, 0.2) is 66.7 Å². The molecular weight excluding hydrogens is 469 g/mol. The minimum absolute atomic E-state index is 0.0297. The topological polar surface area (TPSA) is 86.8 Å². The summed E-state index contributed by atoms with van der Waals surface area (Å²) in [5.41, 5.74) is 1.00. The average Bonchev–Trinajstić information content (AvgIpc) is 2.82. The van der Waals surface area contributed by atoms with Gasteiger partial charge in [0.05, 0.1) is 11.9 Å². The highest BCUT2D eigenvalue weighted by atomic mass is 32.2. The predicted octanol–water partition coefficient (Wildman–Crippen LogP) is 3.69. The molecule has 9 heteroatoms. The third kappa shape index (κ3) is 6.36. The maximum Gasteiger partial charge on any atom is 0.244 e. The first-order valence-corrected chi connectivity index (χ1v) is 13.3. The van der Waals surface area contributed by atoms with Gasteiger partial charge in [-0.1, -0.05) is 55.5 Å². The number of likely N-dealkylation sites (N-methyl/N-ethyl adjacent to an activating group) is 1. The summed E-state index contributed by atoms with van der Waals surface area (Å²) in [7, 11) is -3.84. The van der Waals surface area contributed by atoms with E-state index in [4.69, 9.17) is 0 Å². The summed E-state index contributed by atoms with van der Waals surface area (Å²) in [4.78, 5) is 27.8. The largest absolute Gasteiger partial charge is 0.355 e. The number of hydrogen-bond acceptors (Lipinski definition) is 4. The van der Waals surface area contributed by atoms with Crippen LogP contribution in [-0.2, 0) is 26.2 Å². The lowest BCUT2D eigenvalue weighted by Crippen LogP contribution is -2.52. The van der Waals surface area contributed by atoms with E-state index in [0.29, 0.717) is 29.6 Å². The number of carbonyl (C=O) groups excluding carboxylic acids is 2. The van der Waals surface area contributed by atoms with Crippen LogP contribution >= 0.6 is 0 Å². The summed E-state index contributed by atoms with van der Waals surface area (Å²) in [5, 5.41) is 4.27. The van der Waals surface area contributed by atoms with Gasteiger partial charge < -0.3 is 10.2 Å². The SMILES string of the molecule is CCNC(=O)[C@@H](CC)N(Cc1ccc(F)cc1)C(=O)CN(c1cccc2ccccc12)S(C)(=O)=O. The summed E-state index contributed by atoms with van der Waals surface area (Å²) in [5.74, 6) is -1.28. The van der Waals surface area contributed by atoms with E-state index in [1.54, 1.807) is 50.2 Å². The Morgan fingerprint density at radius 1 is 0.971 bits per heavy atom.